The Hall–Kier alpha value is -2.34. The highest BCUT2D eigenvalue weighted by Crippen LogP contribution is 2.11. The van der Waals surface area contributed by atoms with Crippen molar-refractivity contribution < 1.29 is 9.59 Å². The van der Waals surface area contributed by atoms with E-state index >= 15 is 0 Å². The van der Waals surface area contributed by atoms with Gasteiger partial charge in [0, 0.05) is 11.9 Å². The lowest BCUT2D eigenvalue weighted by Crippen LogP contribution is -2.46. The van der Waals surface area contributed by atoms with E-state index in [4.69, 9.17) is 0 Å². The molecule has 6 heteroatoms. The van der Waals surface area contributed by atoms with Crippen LogP contribution in [0.25, 0.3) is 0 Å². The third-order valence-corrected chi connectivity index (χ3v) is 3.51. The first kappa shape index (κ1) is 15.1. The molecule has 0 saturated carbocycles. The van der Waals surface area contributed by atoms with E-state index in [9.17, 15) is 9.59 Å². The minimum absolute atomic E-state index is 0.223. The van der Waals surface area contributed by atoms with E-state index in [1.54, 1.807) is 13.0 Å². The van der Waals surface area contributed by atoms with Crippen LogP contribution in [0.1, 0.15) is 12.5 Å². The Bertz CT molecular complexity index is 584. The topological polar surface area (TPSA) is 70.2 Å². The van der Waals surface area contributed by atoms with Crippen molar-refractivity contribution >= 4 is 29.0 Å². The third kappa shape index (κ3) is 4.92. The molecule has 0 aliphatic rings. The zero-order valence-electron chi connectivity index (χ0n) is 11.6. The molecule has 0 fully saturated rings. The number of benzene rings is 1. The lowest BCUT2D eigenvalue weighted by atomic mass is 10.2. The Morgan fingerprint density at radius 2 is 1.95 bits per heavy atom. The van der Waals surface area contributed by atoms with Crippen LogP contribution in [0.2, 0.25) is 0 Å². The SMILES string of the molecule is CC(NC(=O)Nc1ccsc1)C(=O)NCc1ccccc1. The Morgan fingerprint density at radius 1 is 1.19 bits per heavy atom. The van der Waals surface area contributed by atoms with Gasteiger partial charge in [-0.25, -0.2) is 4.79 Å². The van der Waals surface area contributed by atoms with Crippen LogP contribution in [0.15, 0.2) is 47.2 Å². The molecule has 0 bridgehead atoms. The van der Waals surface area contributed by atoms with E-state index in [-0.39, 0.29) is 5.91 Å². The fraction of sp³-hybridized carbons (Fsp3) is 0.200. The maximum absolute atomic E-state index is 11.9. The van der Waals surface area contributed by atoms with Crippen LogP contribution in [0, 0.1) is 0 Å². The first-order chi connectivity index (χ1) is 10.1. The summed E-state index contributed by atoms with van der Waals surface area (Å²) < 4.78 is 0. The molecule has 0 spiro atoms. The number of urea groups is 1. The molecule has 0 aliphatic carbocycles. The molecular weight excluding hydrogens is 286 g/mol. The van der Waals surface area contributed by atoms with Crippen molar-refractivity contribution in [3.8, 4) is 0 Å². The Kier molecular flexibility index (Phi) is 5.34. The zero-order valence-corrected chi connectivity index (χ0v) is 12.4. The van der Waals surface area contributed by atoms with Gasteiger partial charge in [0.05, 0.1) is 5.69 Å². The Labute approximate surface area is 127 Å². The van der Waals surface area contributed by atoms with E-state index in [2.05, 4.69) is 16.0 Å². The first-order valence-corrected chi connectivity index (χ1v) is 7.51. The predicted molar refractivity (Wildman–Crippen MR) is 84.2 cm³/mol. The summed E-state index contributed by atoms with van der Waals surface area (Å²) in [6.07, 6.45) is 0. The summed E-state index contributed by atoms with van der Waals surface area (Å²) in [5, 5.41) is 11.7. The van der Waals surface area contributed by atoms with Crippen LogP contribution >= 0.6 is 11.3 Å². The smallest absolute Gasteiger partial charge is 0.319 e. The number of hydrogen-bond acceptors (Lipinski definition) is 3. The third-order valence-electron chi connectivity index (χ3n) is 2.83. The van der Waals surface area contributed by atoms with Crippen molar-refractivity contribution in [3.63, 3.8) is 0 Å². The fourth-order valence-corrected chi connectivity index (χ4v) is 2.29. The highest BCUT2D eigenvalue weighted by atomic mass is 32.1. The minimum atomic E-state index is -0.604. The van der Waals surface area contributed by atoms with Gasteiger partial charge < -0.3 is 16.0 Å². The summed E-state index contributed by atoms with van der Waals surface area (Å²) >= 11 is 1.49. The molecule has 110 valence electrons. The first-order valence-electron chi connectivity index (χ1n) is 6.56. The molecule has 1 atom stereocenters. The van der Waals surface area contributed by atoms with Crippen LogP contribution in [0.5, 0.6) is 0 Å². The molecule has 21 heavy (non-hydrogen) atoms. The molecule has 0 radical (unpaired) electrons. The molecular formula is C15H17N3O2S. The zero-order chi connectivity index (χ0) is 15.1. The van der Waals surface area contributed by atoms with E-state index in [0.717, 1.165) is 11.3 Å². The summed E-state index contributed by atoms with van der Waals surface area (Å²) in [7, 11) is 0. The molecule has 1 aromatic heterocycles. The van der Waals surface area contributed by atoms with Gasteiger partial charge in [-0.1, -0.05) is 30.3 Å². The second kappa shape index (κ2) is 7.44. The Morgan fingerprint density at radius 3 is 2.62 bits per heavy atom. The molecule has 3 N–H and O–H groups in total. The van der Waals surface area contributed by atoms with Gasteiger partial charge in [-0.2, -0.15) is 11.3 Å². The van der Waals surface area contributed by atoms with Gasteiger partial charge in [0.2, 0.25) is 5.91 Å². The fourth-order valence-electron chi connectivity index (χ4n) is 1.70. The van der Waals surface area contributed by atoms with Gasteiger partial charge in [0.1, 0.15) is 6.04 Å². The van der Waals surface area contributed by atoms with Gasteiger partial charge in [0.25, 0.3) is 0 Å². The number of hydrogen-bond donors (Lipinski definition) is 3. The summed E-state index contributed by atoms with van der Waals surface area (Å²) in [4.78, 5) is 23.6. The summed E-state index contributed by atoms with van der Waals surface area (Å²) in [6, 6.07) is 10.4. The maximum Gasteiger partial charge on any atom is 0.319 e. The number of amides is 3. The number of nitrogens with one attached hydrogen (secondary N) is 3. The molecule has 1 aromatic carbocycles. The van der Waals surface area contributed by atoms with Crippen molar-refractivity contribution in [3.05, 3.63) is 52.7 Å². The van der Waals surface area contributed by atoms with E-state index < -0.39 is 12.1 Å². The van der Waals surface area contributed by atoms with Gasteiger partial charge in [-0.05, 0) is 23.9 Å². The van der Waals surface area contributed by atoms with Crippen molar-refractivity contribution in [2.45, 2.75) is 19.5 Å². The summed E-state index contributed by atoms with van der Waals surface area (Å²) in [5.41, 5.74) is 1.73. The van der Waals surface area contributed by atoms with Crippen molar-refractivity contribution in [2.75, 3.05) is 5.32 Å². The predicted octanol–water partition coefficient (Wildman–Crippen LogP) is 2.57. The van der Waals surface area contributed by atoms with E-state index in [1.165, 1.54) is 11.3 Å². The van der Waals surface area contributed by atoms with Crippen molar-refractivity contribution in [2.24, 2.45) is 0 Å². The lowest BCUT2D eigenvalue weighted by molar-refractivity contribution is -0.122. The maximum atomic E-state index is 11.9. The standard InChI is InChI=1S/C15H17N3O2S/c1-11(17-15(20)18-13-7-8-21-10-13)14(19)16-9-12-5-3-2-4-6-12/h2-8,10-11H,9H2,1H3,(H,16,19)(H2,17,18,20). The number of anilines is 1. The molecule has 2 aromatic rings. The van der Waals surface area contributed by atoms with Gasteiger partial charge in [0.15, 0.2) is 0 Å². The summed E-state index contributed by atoms with van der Waals surface area (Å²) in [6.45, 7) is 2.09. The summed E-state index contributed by atoms with van der Waals surface area (Å²) in [5.74, 6) is -0.223. The van der Waals surface area contributed by atoms with Crippen LogP contribution in [-0.4, -0.2) is 18.0 Å². The number of carbonyl (C=O) groups excluding carboxylic acids is 2. The number of carbonyl (C=O) groups is 2. The van der Waals surface area contributed by atoms with Gasteiger partial charge in [-0.15, -0.1) is 0 Å². The van der Waals surface area contributed by atoms with Gasteiger partial charge in [-0.3, -0.25) is 4.79 Å². The van der Waals surface area contributed by atoms with Crippen molar-refractivity contribution in [1.29, 1.82) is 0 Å². The van der Waals surface area contributed by atoms with E-state index in [1.807, 2.05) is 41.1 Å². The highest BCUT2D eigenvalue weighted by molar-refractivity contribution is 7.08. The van der Waals surface area contributed by atoms with Gasteiger partial charge >= 0.3 is 6.03 Å². The lowest BCUT2D eigenvalue weighted by Gasteiger charge is -2.14. The largest absolute Gasteiger partial charge is 0.350 e. The molecule has 0 aliphatic heterocycles. The van der Waals surface area contributed by atoms with Crippen LogP contribution in [0.4, 0.5) is 10.5 Å². The highest BCUT2D eigenvalue weighted by Gasteiger charge is 2.15. The minimum Gasteiger partial charge on any atom is -0.350 e. The number of rotatable bonds is 5. The molecule has 3 amide bonds. The molecule has 2 rings (SSSR count). The quantitative estimate of drug-likeness (QED) is 0.794. The van der Waals surface area contributed by atoms with Crippen LogP contribution in [0.3, 0.4) is 0 Å². The monoisotopic (exact) mass is 303 g/mol. The molecule has 5 nitrogen and oxygen atoms in total. The average molecular weight is 303 g/mol. The van der Waals surface area contributed by atoms with Crippen molar-refractivity contribution in [1.82, 2.24) is 10.6 Å². The Balaban J connectivity index is 1.75. The normalized spacial score (nSPS) is 11.5. The van der Waals surface area contributed by atoms with E-state index in [0.29, 0.717) is 6.54 Å². The number of thiophene rings is 1. The second-order valence-electron chi connectivity index (χ2n) is 4.54. The molecule has 0 saturated heterocycles. The second-order valence-corrected chi connectivity index (χ2v) is 5.32. The average Bonchev–Trinajstić information content (AvgIpc) is 2.98. The van der Waals surface area contributed by atoms with Crippen LogP contribution < -0.4 is 16.0 Å². The van der Waals surface area contributed by atoms with Crippen LogP contribution in [-0.2, 0) is 11.3 Å². The molecule has 1 unspecified atom stereocenters. The molecule has 1 heterocycles.